The molecule has 0 radical (unpaired) electrons. The molecule has 0 aromatic rings. The lowest BCUT2D eigenvalue weighted by atomic mass is 9.83. The van der Waals surface area contributed by atoms with E-state index in [1.807, 2.05) is 0 Å². The largest absolute Gasteiger partial charge is 0.466 e. The van der Waals surface area contributed by atoms with E-state index in [4.69, 9.17) is 14.2 Å². The van der Waals surface area contributed by atoms with Gasteiger partial charge in [-0.25, -0.2) is 9.59 Å². The van der Waals surface area contributed by atoms with E-state index < -0.39 is 12.4 Å². The summed E-state index contributed by atoms with van der Waals surface area (Å²) in [4.78, 5) is 24.3. The van der Waals surface area contributed by atoms with Crippen molar-refractivity contribution >= 4 is 12.1 Å². The number of fused-ring (bicyclic) bond motifs is 1. The fourth-order valence-electron chi connectivity index (χ4n) is 4.52. The Morgan fingerprint density at radius 3 is 2.52 bits per heavy atom. The molecule has 1 aliphatic heterocycles. The quantitative estimate of drug-likeness (QED) is 0.622. The number of methoxy groups -OCH3 is 1. The summed E-state index contributed by atoms with van der Waals surface area (Å²) in [5, 5.41) is 2.99. The van der Waals surface area contributed by atoms with E-state index in [9.17, 15) is 9.59 Å². The maximum atomic E-state index is 12.3. The molecule has 140 valence electrons. The van der Waals surface area contributed by atoms with Gasteiger partial charge in [-0.2, -0.15) is 0 Å². The molecule has 0 aromatic heterocycles. The van der Waals surface area contributed by atoms with Crippen LogP contribution in [0.15, 0.2) is 11.8 Å². The molecule has 4 unspecified atom stereocenters. The summed E-state index contributed by atoms with van der Waals surface area (Å²) in [6.07, 6.45) is 9.04. The summed E-state index contributed by atoms with van der Waals surface area (Å²) >= 11 is 0. The molecule has 0 bridgehead atoms. The van der Waals surface area contributed by atoms with Crippen molar-refractivity contribution in [2.24, 2.45) is 17.8 Å². The molecule has 2 aliphatic carbocycles. The number of carbonyl (C=O) groups excluding carboxylic acids is 2. The van der Waals surface area contributed by atoms with Crippen molar-refractivity contribution in [3.05, 3.63) is 11.8 Å². The molecule has 1 N–H and O–H groups in total. The molecular weight excluding hydrogens is 322 g/mol. The van der Waals surface area contributed by atoms with Crippen LogP contribution >= 0.6 is 0 Å². The average Bonchev–Trinajstić information content (AvgIpc) is 2.82. The molecule has 2 saturated carbocycles. The second-order valence-electron chi connectivity index (χ2n) is 7.55. The third-order valence-electron chi connectivity index (χ3n) is 5.92. The van der Waals surface area contributed by atoms with Gasteiger partial charge in [0.15, 0.2) is 0 Å². The lowest BCUT2D eigenvalue weighted by Crippen LogP contribution is -2.43. The topological polar surface area (TPSA) is 73.9 Å². The van der Waals surface area contributed by atoms with E-state index in [0.29, 0.717) is 11.5 Å². The van der Waals surface area contributed by atoms with Gasteiger partial charge in [-0.3, -0.25) is 0 Å². The van der Waals surface area contributed by atoms with Crippen molar-refractivity contribution < 1.29 is 23.8 Å². The number of alkyl carbamates (subject to hydrolysis) is 1. The molecule has 0 spiro atoms. The molecule has 2 fully saturated rings. The van der Waals surface area contributed by atoms with E-state index in [0.717, 1.165) is 38.5 Å². The van der Waals surface area contributed by atoms with Crippen LogP contribution in [0, 0.1) is 17.8 Å². The van der Waals surface area contributed by atoms with Gasteiger partial charge in [-0.1, -0.05) is 32.6 Å². The molecule has 25 heavy (non-hydrogen) atoms. The lowest BCUT2D eigenvalue weighted by molar-refractivity contribution is -0.145. The molecule has 3 rings (SSSR count). The van der Waals surface area contributed by atoms with Crippen LogP contribution in [0.3, 0.4) is 0 Å². The minimum atomic E-state index is -0.637. The fraction of sp³-hybridized carbons (Fsp3) is 0.789. The molecule has 0 aromatic carbocycles. The maximum Gasteiger partial charge on any atom is 0.410 e. The van der Waals surface area contributed by atoms with Crippen molar-refractivity contribution in [2.75, 3.05) is 7.11 Å². The Morgan fingerprint density at radius 1 is 1.12 bits per heavy atom. The predicted molar refractivity (Wildman–Crippen MR) is 91.5 cm³/mol. The molecule has 6 nitrogen and oxygen atoms in total. The van der Waals surface area contributed by atoms with Gasteiger partial charge < -0.3 is 19.5 Å². The van der Waals surface area contributed by atoms with E-state index >= 15 is 0 Å². The van der Waals surface area contributed by atoms with Gasteiger partial charge in [0.25, 0.3) is 0 Å². The van der Waals surface area contributed by atoms with Gasteiger partial charge in [0.05, 0.1) is 18.9 Å². The van der Waals surface area contributed by atoms with Gasteiger partial charge in [-0.05, 0) is 31.6 Å². The van der Waals surface area contributed by atoms with Gasteiger partial charge in [0.1, 0.15) is 0 Å². The predicted octanol–water partition coefficient (Wildman–Crippen LogP) is 3.51. The van der Waals surface area contributed by atoms with Crippen molar-refractivity contribution in [1.29, 1.82) is 0 Å². The molecule has 3 aliphatic rings. The van der Waals surface area contributed by atoms with Crippen LogP contribution < -0.4 is 5.32 Å². The highest BCUT2D eigenvalue weighted by Crippen LogP contribution is 2.46. The van der Waals surface area contributed by atoms with Crippen molar-refractivity contribution in [3.8, 4) is 0 Å². The average molecular weight is 351 g/mol. The first kappa shape index (κ1) is 18.1. The van der Waals surface area contributed by atoms with Crippen LogP contribution in [0.5, 0.6) is 0 Å². The van der Waals surface area contributed by atoms with E-state index in [1.54, 1.807) is 0 Å². The van der Waals surface area contributed by atoms with E-state index in [1.165, 1.54) is 26.2 Å². The van der Waals surface area contributed by atoms with Crippen LogP contribution in [-0.2, 0) is 19.0 Å². The summed E-state index contributed by atoms with van der Waals surface area (Å²) in [5.41, 5.74) is 0.556. The third kappa shape index (κ3) is 4.10. The normalized spacial score (nSPS) is 32.6. The molecule has 4 atom stereocenters. The van der Waals surface area contributed by atoms with E-state index in [2.05, 4.69) is 12.2 Å². The summed E-state index contributed by atoms with van der Waals surface area (Å²) in [5.74, 6) is 0.00496. The maximum absolute atomic E-state index is 12.3. The SMILES string of the molecule is COC(=O)C1=COC(OC(=O)NC2CCCCCC2)C2C(C)CCC12. The molecule has 0 saturated heterocycles. The highest BCUT2D eigenvalue weighted by atomic mass is 16.7. The summed E-state index contributed by atoms with van der Waals surface area (Å²) < 4.78 is 16.1. The zero-order valence-electron chi connectivity index (χ0n) is 15.2. The van der Waals surface area contributed by atoms with E-state index in [-0.39, 0.29) is 23.8 Å². The van der Waals surface area contributed by atoms with Crippen LogP contribution in [0.4, 0.5) is 4.79 Å². The zero-order valence-corrected chi connectivity index (χ0v) is 15.2. The number of hydrogen-bond acceptors (Lipinski definition) is 5. The third-order valence-corrected chi connectivity index (χ3v) is 5.92. The smallest absolute Gasteiger partial charge is 0.410 e. The number of esters is 1. The summed E-state index contributed by atoms with van der Waals surface area (Å²) in [6.45, 7) is 2.12. The Labute approximate surface area is 149 Å². The van der Waals surface area contributed by atoms with Gasteiger partial charge in [0.2, 0.25) is 6.29 Å². The standard InChI is InChI=1S/C19H29NO5/c1-12-9-10-14-15(17(21)23-2)11-24-18(16(12)14)25-19(22)20-13-7-5-3-4-6-8-13/h11-14,16,18H,3-10H2,1-2H3,(H,20,22). The number of rotatable bonds is 3. The number of amides is 1. The Kier molecular flexibility index (Phi) is 5.86. The Bertz CT molecular complexity index is 524. The molecular formula is C19H29NO5. The first-order chi connectivity index (χ1) is 12.1. The highest BCUT2D eigenvalue weighted by Gasteiger charge is 2.48. The summed E-state index contributed by atoms with van der Waals surface area (Å²) in [6, 6.07) is 0.191. The van der Waals surface area contributed by atoms with Crippen LogP contribution in [0.25, 0.3) is 0 Å². The second kappa shape index (κ2) is 8.11. The minimum absolute atomic E-state index is 0.000941. The zero-order chi connectivity index (χ0) is 17.8. The van der Waals surface area contributed by atoms with Crippen molar-refractivity contribution in [2.45, 2.75) is 70.6 Å². The van der Waals surface area contributed by atoms with Gasteiger partial charge >= 0.3 is 12.1 Å². The Balaban J connectivity index is 1.62. The fourth-order valence-corrected chi connectivity index (χ4v) is 4.52. The van der Waals surface area contributed by atoms with Crippen LogP contribution in [0.1, 0.15) is 58.3 Å². The van der Waals surface area contributed by atoms with Crippen molar-refractivity contribution in [3.63, 3.8) is 0 Å². The number of nitrogens with one attached hydrogen (secondary N) is 1. The van der Waals surface area contributed by atoms with Crippen LogP contribution in [0.2, 0.25) is 0 Å². The monoisotopic (exact) mass is 351 g/mol. The van der Waals surface area contributed by atoms with Crippen molar-refractivity contribution in [1.82, 2.24) is 5.32 Å². The molecule has 1 heterocycles. The summed E-state index contributed by atoms with van der Waals surface area (Å²) in [7, 11) is 1.37. The Hall–Kier alpha value is -1.72. The highest BCUT2D eigenvalue weighted by molar-refractivity contribution is 5.89. The first-order valence-corrected chi connectivity index (χ1v) is 9.51. The van der Waals surface area contributed by atoms with Gasteiger partial charge in [-0.15, -0.1) is 0 Å². The minimum Gasteiger partial charge on any atom is -0.466 e. The first-order valence-electron chi connectivity index (χ1n) is 9.51. The number of carbonyl (C=O) groups is 2. The molecule has 6 heteroatoms. The Morgan fingerprint density at radius 2 is 1.84 bits per heavy atom. The lowest BCUT2D eigenvalue weighted by Gasteiger charge is -2.34. The molecule has 1 amide bonds. The van der Waals surface area contributed by atoms with Gasteiger partial charge in [0, 0.05) is 17.9 Å². The van der Waals surface area contributed by atoms with Crippen LogP contribution in [-0.4, -0.2) is 31.5 Å². The number of ether oxygens (including phenoxy) is 3. The number of hydrogen-bond donors (Lipinski definition) is 1. The second-order valence-corrected chi connectivity index (χ2v) is 7.55.